The van der Waals surface area contributed by atoms with E-state index in [0.717, 1.165) is 10.4 Å². The number of sulfonamides is 1. The molecule has 0 unspecified atom stereocenters. The van der Waals surface area contributed by atoms with E-state index < -0.39 is 15.8 Å². The summed E-state index contributed by atoms with van der Waals surface area (Å²) in [6.07, 6.45) is 1.51. The van der Waals surface area contributed by atoms with E-state index in [0.29, 0.717) is 16.4 Å². The molecule has 0 fully saturated rings. The average molecular weight is 394 g/mol. The van der Waals surface area contributed by atoms with Crippen molar-refractivity contribution in [2.75, 3.05) is 14.1 Å². The van der Waals surface area contributed by atoms with Gasteiger partial charge in [0.05, 0.1) is 22.6 Å². The molecule has 3 rings (SSSR count). The first-order valence-corrected chi connectivity index (χ1v) is 9.33. The maximum Gasteiger partial charge on any atom is 0.246 e. The summed E-state index contributed by atoms with van der Waals surface area (Å²) < 4.78 is 27.3. The van der Waals surface area contributed by atoms with Gasteiger partial charge in [-0.15, -0.1) is 0 Å². The number of phenolic OH excluding ortho intramolecular Hbond substituents is 2. The second kappa shape index (κ2) is 6.64. The van der Waals surface area contributed by atoms with E-state index >= 15 is 0 Å². The van der Waals surface area contributed by atoms with E-state index in [-0.39, 0.29) is 16.2 Å². The van der Waals surface area contributed by atoms with Gasteiger partial charge in [0.15, 0.2) is 0 Å². The van der Waals surface area contributed by atoms with Crippen molar-refractivity contribution < 1.29 is 18.6 Å². The number of halogens is 1. The van der Waals surface area contributed by atoms with Crippen molar-refractivity contribution >= 4 is 21.6 Å². The standard InChI is InChI=1S/C17H16ClN3O4S/c1-20(2)26(24,25)17-9-11(15(22)10-16(17)23)13-7-8-19-21(13)14-6-4-3-5-12(14)18/h3-10,22-23H,1-2H3. The maximum atomic E-state index is 12.4. The lowest BCUT2D eigenvalue weighted by Gasteiger charge is -2.16. The van der Waals surface area contributed by atoms with Gasteiger partial charge in [-0.1, -0.05) is 23.7 Å². The van der Waals surface area contributed by atoms with Gasteiger partial charge in [0.25, 0.3) is 0 Å². The highest BCUT2D eigenvalue weighted by atomic mass is 35.5. The molecule has 1 heterocycles. The first-order valence-electron chi connectivity index (χ1n) is 7.51. The second-order valence-electron chi connectivity index (χ2n) is 5.70. The van der Waals surface area contributed by atoms with Crippen LogP contribution in [0.5, 0.6) is 11.5 Å². The summed E-state index contributed by atoms with van der Waals surface area (Å²) in [5, 5.41) is 25.0. The molecule has 26 heavy (non-hydrogen) atoms. The Morgan fingerprint density at radius 2 is 1.77 bits per heavy atom. The van der Waals surface area contributed by atoms with Gasteiger partial charge in [0.2, 0.25) is 10.0 Å². The lowest BCUT2D eigenvalue weighted by Crippen LogP contribution is -2.22. The van der Waals surface area contributed by atoms with Gasteiger partial charge >= 0.3 is 0 Å². The molecule has 0 amide bonds. The van der Waals surface area contributed by atoms with Crippen molar-refractivity contribution in [2.45, 2.75) is 4.90 Å². The smallest absolute Gasteiger partial charge is 0.246 e. The molecule has 7 nitrogen and oxygen atoms in total. The third-order valence-corrected chi connectivity index (χ3v) is 6.00. The minimum absolute atomic E-state index is 0.195. The zero-order valence-electron chi connectivity index (χ0n) is 14.0. The molecular weight excluding hydrogens is 378 g/mol. The molecule has 136 valence electrons. The van der Waals surface area contributed by atoms with E-state index in [2.05, 4.69) is 5.10 Å². The predicted octanol–water partition coefficient (Wildman–Crippen LogP) is 2.85. The minimum Gasteiger partial charge on any atom is -0.507 e. The van der Waals surface area contributed by atoms with Crippen LogP contribution in [0, 0.1) is 0 Å². The van der Waals surface area contributed by atoms with Crippen molar-refractivity contribution in [1.82, 2.24) is 14.1 Å². The Hall–Kier alpha value is -2.55. The molecule has 1 aromatic heterocycles. The van der Waals surface area contributed by atoms with Crippen molar-refractivity contribution in [3.05, 3.63) is 53.7 Å². The number of phenols is 2. The molecule has 0 saturated heterocycles. The van der Waals surface area contributed by atoms with Crippen LogP contribution < -0.4 is 0 Å². The lowest BCUT2D eigenvalue weighted by molar-refractivity contribution is 0.436. The fourth-order valence-corrected chi connectivity index (χ4v) is 3.69. The summed E-state index contributed by atoms with van der Waals surface area (Å²) in [4.78, 5) is -0.317. The fourth-order valence-electron chi connectivity index (χ4n) is 2.49. The zero-order valence-corrected chi connectivity index (χ0v) is 15.5. The largest absolute Gasteiger partial charge is 0.507 e. The van der Waals surface area contributed by atoms with Gasteiger partial charge in [0.1, 0.15) is 16.4 Å². The van der Waals surface area contributed by atoms with Crippen LogP contribution in [0.25, 0.3) is 16.9 Å². The summed E-state index contributed by atoms with van der Waals surface area (Å²) >= 11 is 6.22. The van der Waals surface area contributed by atoms with Gasteiger partial charge < -0.3 is 10.2 Å². The molecule has 2 aromatic carbocycles. The fraction of sp³-hybridized carbons (Fsp3) is 0.118. The Morgan fingerprint density at radius 1 is 1.08 bits per heavy atom. The van der Waals surface area contributed by atoms with Crippen molar-refractivity contribution in [2.24, 2.45) is 0 Å². The number of para-hydroxylation sites is 1. The number of benzene rings is 2. The highest BCUT2D eigenvalue weighted by Crippen LogP contribution is 2.38. The van der Waals surface area contributed by atoms with Crippen molar-refractivity contribution in [1.29, 1.82) is 0 Å². The number of aromatic nitrogens is 2. The Bertz CT molecular complexity index is 1080. The topological polar surface area (TPSA) is 95.7 Å². The molecule has 0 atom stereocenters. The third-order valence-electron chi connectivity index (χ3n) is 3.84. The number of hydrogen-bond acceptors (Lipinski definition) is 5. The molecule has 0 radical (unpaired) electrons. The summed E-state index contributed by atoms with van der Waals surface area (Å²) in [6, 6.07) is 10.8. The number of aromatic hydroxyl groups is 2. The van der Waals surface area contributed by atoms with Crippen molar-refractivity contribution in [3.63, 3.8) is 0 Å². The zero-order chi connectivity index (χ0) is 19.1. The summed E-state index contributed by atoms with van der Waals surface area (Å²) in [6.45, 7) is 0. The maximum absolute atomic E-state index is 12.4. The first-order chi connectivity index (χ1) is 12.2. The Balaban J connectivity index is 2.25. The SMILES string of the molecule is CN(C)S(=O)(=O)c1cc(-c2ccnn2-c2ccccc2Cl)c(O)cc1O. The minimum atomic E-state index is -3.91. The highest BCUT2D eigenvalue weighted by molar-refractivity contribution is 7.89. The quantitative estimate of drug-likeness (QED) is 0.710. The Kier molecular flexibility index (Phi) is 4.66. The van der Waals surface area contributed by atoms with Gasteiger partial charge in [-0.05, 0) is 24.3 Å². The van der Waals surface area contributed by atoms with Gasteiger partial charge in [0, 0.05) is 25.7 Å². The van der Waals surface area contributed by atoms with Crippen LogP contribution in [0.1, 0.15) is 0 Å². The van der Waals surface area contributed by atoms with Crippen molar-refractivity contribution in [3.8, 4) is 28.4 Å². The number of nitrogens with zero attached hydrogens (tertiary/aromatic N) is 3. The first kappa shape index (κ1) is 18.2. The second-order valence-corrected chi connectivity index (χ2v) is 8.23. The van der Waals surface area contributed by atoms with Crippen LogP contribution in [0.4, 0.5) is 0 Å². The van der Waals surface area contributed by atoms with E-state index in [1.165, 1.54) is 31.0 Å². The summed E-state index contributed by atoms with van der Waals surface area (Å²) in [5.41, 5.74) is 1.19. The van der Waals surface area contributed by atoms with Crippen LogP contribution in [-0.2, 0) is 10.0 Å². The predicted molar refractivity (Wildman–Crippen MR) is 98.2 cm³/mol. The molecule has 0 saturated carbocycles. The average Bonchev–Trinajstić information content (AvgIpc) is 3.04. The summed E-state index contributed by atoms with van der Waals surface area (Å²) in [5.74, 6) is -0.822. The molecule has 0 aliphatic rings. The number of rotatable bonds is 4. The Labute approximate surface area is 155 Å². The van der Waals surface area contributed by atoms with Crippen LogP contribution in [0.3, 0.4) is 0 Å². The monoisotopic (exact) mass is 393 g/mol. The molecule has 0 bridgehead atoms. The van der Waals surface area contributed by atoms with Crippen LogP contribution in [0.15, 0.2) is 53.6 Å². The molecule has 9 heteroatoms. The van der Waals surface area contributed by atoms with Crippen LogP contribution in [0.2, 0.25) is 5.02 Å². The van der Waals surface area contributed by atoms with Gasteiger partial charge in [-0.3, -0.25) is 0 Å². The molecule has 3 aromatic rings. The summed E-state index contributed by atoms with van der Waals surface area (Å²) in [7, 11) is -1.19. The van der Waals surface area contributed by atoms with Crippen LogP contribution >= 0.6 is 11.6 Å². The lowest BCUT2D eigenvalue weighted by atomic mass is 10.1. The highest BCUT2D eigenvalue weighted by Gasteiger charge is 2.25. The van der Waals surface area contributed by atoms with E-state index in [4.69, 9.17) is 11.6 Å². The molecule has 2 N–H and O–H groups in total. The van der Waals surface area contributed by atoms with E-state index in [1.807, 2.05) is 0 Å². The van der Waals surface area contributed by atoms with Gasteiger partial charge in [-0.2, -0.15) is 5.10 Å². The third kappa shape index (κ3) is 3.03. The molecule has 0 aliphatic heterocycles. The van der Waals surface area contributed by atoms with E-state index in [9.17, 15) is 18.6 Å². The van der Waals surface area contributed by atoms with Crippen LogP contribution in [-0.4, -0.2) is 46.8 Å². The number of hydrogen-bond donors (Lipinski definition) is 2. The molecular formula is C17H16ClN3O4S. The molecule has 0 spiro atoms. The normalized spacial score (nSPS) is 11.8. The Morgan fingerprint density at radius 3 is 2.42 bits per heavy atom. The van der Waals surface area contributed by atoms with E-state index in [1.54, 1.807) is 30.3 Å². The molecule has 0 aliphatic carbocycles. The van der Waals surface area contributed by atoms with Gasteiger partial charge in [-0.25, -0.2) is 17.4 Å².